The Kier molecular flexibility index (Phi) is 4.49. The molecule has 1 N–H and O–H groups in total. The monoisotopic (exact) mass is 365 g/mol. The van der Waals surface area contributed by atoms with Gasteiger partial charge in [-0.15, -0.1) is 0 Å². The summed E-state index contributed by atoms with van der Waals surface area (Å²) >= 11 is 3.48. The number of halogens is 1. The van der Waals surface area contributed by atoms with Crippen LogP contribution in [-0.4, -0.2) is 48.9 Å². The van der Waals surface area contributed by atoms with Crippen molar-refractivity contribution in [1.82, 2.24) is 10.2 Å². The lowest BCUT2D eigenvalue weighted by Crippen LogP contribution is -2.54. The zero-order valence-corrected chi connectivity index (χ0v) is 14.2. The predicted octanol–water partition coefficient (Wildman–Crippen LogP) is 1.62. The quantitative estimate of drug-likeness (QED) is 0.810. The van der Waals surface area contributed by atoms with Crippen LogP contribution >= 0.6 is 15.9 Å². The molecule has 0 radical (unpaired) electrons. The molecule has 0 aliphatic carbocycles. The molecule has 0 unspecified atom stereocenters. The molecule has 2 heterocycles. The minimum Gasteiger partial charge on any atom is -0.337 e. The highest BCUT2D eigenvalue weighted by Crippen LogP contribution is 2.32. The first-order valence-electron chi connectivity index (χ1n) is 7.66. The smallest absolute Gasteiger partial charge is 0.239 e. The van der Waals surface area contributed by atoms with E-state index < -0.39 is 5.92 Å². The molecule has 22 heavy (non-hydrogen) atoms. The topological polar surface area (TPSA) is 52.7 Å². The maximum atomic E-state index is 12.7. The van der Waals surface area contributed by atoms with Crippen LogP contribution in [0.2, 0.25) is 0 Å². The van der Waals surface area contributed by atoms with Crippen LogP contribution in [-0.2, 0) is 9.59 Å². The number of carbonyl (C=O) groups is 2. The molecule has 2 aliphatic rings. The van der Waals surface area contributed by atoms with E-state index in [2.05, 4.69) is 21.2 Å². The van der Waals surface area contributed by atoms with Gasteiger partial charge in [-0.2, -0.15) is 0 Å². The number of hydrogen-bond donors (Lipinski definition) is 1. The standard InChI is InChI=1S/C16H20BrN3O2/c1-11-10-18-7-9-19(11)15(21)12-6-8-20(16(12)22)14-5-3-2-4-13(14)17/h2-5,11-12,18H,6-10H2,1H3/t11-,12+/m1/s1. The van der Waals surface area contributed by atoms with Crippen LogP contribution in [0.3, 0.4) is 0 Å². The number of hydrogen-bond acceptors (Lipinski definition) is 3. The fraction of sp³-hybridized carbons (Fsp3) is 0.500. The largest absolute Gasteiger partial charge is 0.337 e. The van der Waals surface area contributed by atoms with Crippen LogP contribution in [0.4, 0.5) is 5.69 Å². The van der Waals surface area contributed by atoms with E-state index in [0.717, 1.165) is 23.2 Å². The summed E-state index contributed by atoms with van der Waals surface area (Å²) in [5.74, 6) is -0.635. The summed E-state index contributed by atoms with van der Waals surface area (Å²) in [4.78, 5) is 29.0. The third kappa shape index (κ3) is 2.77. The van der Waals surface area contributed by atoms with Gasteiger partial charge in [-0.1, -0.05) is 12.1 Å². The zero-order valence-electron chi connectivity index (χ0n) is 12.6. The van der Waals surface area contributed by atoms with Gasteiger partial charge in [0.15, 0.2) is 0 Å². The van der Waals surface area contributed by atoms with Crippen LogP contribution in [0.5, 0.6) is 0 Å². The predicted molar refractivity (Wildman–Crippen MR) is 88.6 cm³/mol. The summed E-state index contributed by atoms with van der Waals surface area (Å²) in [6.07, 6.45) is 0.593. The van der Waals surface area contributed by atoms with E-state index in [1.807, 2.05) is 36.1 Å². The van der Waals surface area contributed by atoms with Crippen molar-refractivity contribution in [2.75, 3.05) is 31.1 Å². The SMILES string of the molecule is C[C@@H]1CNCCN1C(=O)[C@@H]1CCN(c2ccccc2Br)C1=O. The maximum Gasteiger partial charge on any atom is 0.239 e. The van der Waals surface area contributed by atoms with Gasteiger partial charge in [-0.3, -0.25) is 9.59 Å². The van der Waals surface area contributed by atoms with E-state index in [9.17, 15) is 9.59 Å². The van der Waals surface area contributed by atoms with Crippen molar-refractivity contribution >= 4 is 33.4 Å². The highest BCUT2D eigenvalue weighted by molar-refractivity contribution is 9.10. The third-order valence-electron chi connectivity index (χ3n) is 4.43. The third-order valence-corrected chi connectivity index (χ3v) is 5.10. The normalized spacial score (nSPS) is 25.6. The molecule has 0 bridgehead atoms. The molecule has 0 spiro atoms. The minimum atomic E-state index is -0.535. The number of para-hydroxylation sites is 1. The lowest BCUT2D eigenvalue weighted by molar-refractivity contribution is -0.142. The Morgan fingerprint density at radius 3 is 2.82 bits per heavy atom. The molecule has 2 saturated heterocycles. The maximum absolute atomic E-state index is 12.7. The van der Waals surface area contributed by atoms with E-state index in [0.29, 0.717) is 19.5 Å². The van der Waals surface area contributed by atoms with Crippen LogP contribution in [0.15, 0.2) is 28.7 Å². The molecule has 1 aromatic rings. The van der Waals surface area contributed by atoms with Crippen LogP contribution < -0.4 is 10.2 Å². The molecular formula is C16H20BrN3O2. The van der Waals surface area contributed by atoms with Gasteiger partial charge in [-0.25, -0.2) is 0 Å². The molecule has 2 aliphatic heterocycles. The van der Waals surface area contributed by atoms with Crippen molar-refractivity contribution in [2.24, 2.45) is 5.92 Å². The second kappa shape index (κ2) is 6.38. The van der Waals surface area contributed by atoms with E-state index >= 15 is 0 Å². The molecule has 5 nitrogen and oxygen atoms in total. The Hall–Kier alpha value is -1.40. The lowest BCUT2D eigenvalue weighted by atomic mass is 10.0. The summed E-state index contributed by atoms with van der Waals surface area (Å²) in [5.41, 5.74) is 0.844. The zero-order chi connectivity index (χ0) is 15.7. The lowest BCUT2D eigenvalue weighted by Gasteiger charge is -2.35. The van der Waals surface area contributed by atoms with Gasteiger partial charge >= 0.3 is 0 Å². The number of nitrogens with one attached hydrogen (secondary N) is 1. The molecule has 0 aromatic heterocycles. The Labute approximate surface area is 138 Å². The summed E-state index contributed by atoms with van der Waals surface area (Å²) in [6, 6.07) is 7.78. The highest BCUT2D eigenvalue weighted by Gasteiger charge is 2.41. The van der Waals surface area contributed by atoms with E-state index in [-0.39, 0.29) is 17.9 Å². The molecule has 118 valence electrons. The van der Waals surface area contributed by atoms with E-state index in [1.165, 1.54) is 0 Å². The first kappa shape index (κ1) is 15.5. The molecule has 0 saturated carbocycles. The van der Waals surface area contributed by atoms with Crippen molar-refractivity contribution in [3.63, 3.8) is 0 Å². The summed E-state index contributed by atoms with van der Waals surface area (Å²) in [5, 5.41) is 3.27. The summed E-state index contributed by atoms with van der Waals surface area (Å²) in [6.45, 7) is 4.89. The average Bonchev–Trinajstić information content (AvgIpc) is 2.89. The number of rotatable bonds is 2. The number of carbonyl (C=O) groups excluding carboxylic acids is 2. The minimum absolute atomic E-state index is 0.0199. The fourth-order valence-electron chi connectivity index (χ4n) is 3.19. The number of piperazine rings is 1. The van der Waals surface area contributed by atoms with Gasteiger partial charge in [0.2, 0.25) is 11.8 Å². The van der Waals surface area contributed by atoms with Gasteiger partial charge in [0, 0.05) is 36.7 Å². The van der Waals surface area contributed by atoms with Gasteiger partial charge in [0.05, 0.1) is 5.69 Å². The molecule has 2 fully saturated rings. The Balaban J connectivity index is 1.76. The van der Waals surface area contributed by atoms with Crippen molar-refractivity contribution in [3.8, 4) is 0 Å². The Morgan fingerprint density at radius 1 is 1.32 bits per heavy atom. The highest BCUT2D eigenvalue weighted by atomic mass is 79.9. The first-order valence-corrected chi connectivity index (χ1v) is 8.46. The van der Waals surface area contributed by atoms with Crippen LogP contribution in [0, 0.1) is 5.92 Å². The van der Waals surface area contributed by atoms with Gasteiger partial charge in [0.25, 0.3) is 0 Å². The molecule has 2 amide bonds. The number of amides is 2. The van der Waals surface area contributed by atoms with Crippen LogP contribution in [0.1, 0.15) is 13.3 Å². The molecule has 1 aromatic carbocycles. The van der Waals surface area contributed by atoms with Crippen molar-refractivity contribution in [3.05, 3.63) is 28.7 Å². The summed E-state index contributed by atoms with van der Waals surface area (Å²) < 4.78 is 0.881. The second-order valence-electron chi connectivity index (χ2n) is 5.87. The van der Waals surface area contributed by atoms with Crippen molar-refractivity contribution in [2.45, 2.75) is 19.4 Å². The van der Waals surface area contributed by atoms with Crippen molar-refractivity contribution < 1.29 is 9.59 Å². The average molecular weight is 366 g/mol. The first-order chi connectivity index (χ1) is 10.6. The fourth-order valence-corrected chi connectivity index (χ4v) is 3.69. The van der Waals surface area contributed by atoms with Crippen molar-refractivity contribution in [1.29, 1.82) is 0 Å². The number of nitrogens with zero attached hydrogens (tertiary/aromatic N) is 2. The molecule has 6 heteroatoms. The van der Waals surface area contributed by atoms with E-state index in [4.69, 9.17) is 0 Å². The van der Waals surface area contributed by atoms with Gasteiger partial charge in [0.1, 0.15) is 5.92 Å². The molecule has 3 rings (SSSR count). The summed E-state index contributed by atoms with van der Waals surface area (Å²) in [7, 11) is 0. The second-order valence-corrected chi connectivity index (χ2v) is 6.72. The van der Waals surface area contributed by atoms with E-state index in [1.54, 1.807) is 4.90 Å². The molecule has 2 atom stereocenters. The number of benzene rings is 1. The van der Waals surface area contributed by atoms with Gasteiger partial charge in [-0.05, 0) is 41.4 Å². The number of anilines is 1. The van der Waals surface area contributed by atoms with Gasteiger partial charge < -0.3 is 15.1 Å². The Bertz CT molecular complexity index is 593. The van der Waals surface area contributed by atoms with Crippen LogP contribution in [0.25, 0.3) is 0 Å². The Morgan fingerprint density at radius 2 is 2.09 bits per heavy atom. The molecular weight excluding hydrogens is 346 g/mol.